The van der Waals surface area contributed by atoms with E-state index in [2.05, 4.69) is 11.4 Å². The van der Waals surface area contributed by atoms with Crippen molar-refractivity contribution >= 4 is 0 Å². The van der Waals surface area contributed by atoms with Gasteiger partial charge in [0.2, 0.25) is 0 Å². The molecule has 3 rings (SSSR count). The molecule has 0 radical (unpaired) electrons. The Morgan fingerprint density at radius 2 is 1.90 bits per heavy atom. The molecular weight excluding hydrogens is 272 g/mol. The number of rotatable bonds is 4. The number of likely N-dealkylation sites (N-methyl/N-ethyl adjacent to an activating group) is 1. The van der Waals surface area contributed by atoms with Crippen molar-refractivity contribution in [1.82, 2.24) is 5.32 Å². The van der Waals surface area contributed by atoms with E-state index < -0.39 is 5.82 Å². The van der Waals surface area contributed by atoms with Crippen LogP contribution < -0.4 is 5.32 Å². The van der Waals surface area contributed by atoms with Crippen LogP contribution in [0.1, 0.15) is 28.3 Å². The summed E-state index contributed by atoms with van der Waals surface area (Å²) in [4.78, 5) is 0. The van der Waals surface area contributed by atoms with Gasteiger partial charge in [-0.3, -0.25) is 0 Å². The minimum Gasteiger partial charge on any atom is -0.372 e. The average Bonchev–Trinajstić information content (AvgIpc) is 2.95. The molecule has 0 fully saturated rings. The van der Waals surface area contributed by atoms with Crippen LogP contribution in [0.3, 0.4) is 0 Å². The Morgan fingerprint density at radius 1 is 1.10 bits per heavy atom. The van der Waals surface area contributed by atoms with E-state index in [4.69, 9.17) is 4.74 Å². The number of nitrogens with one attached hydrogen (secondary N) is 1. The predicted octanol–water partition coefficient (Wildman–Crippen LogP) is 3.50. The highest BCUT2D eigenvalue weighted by atomic mass is 19.1. The quantitative estimate of drug-likeness (QED) is 0.930. The van der Waals surface area contributed by atoms with E-state index in [1.165, 1.54) is 23.3 Å². The molecule has 0 spiro atoms. The standard InChI is InChI=1S/C17H17F2NO/c1-20-17(8-13-7-15(18)4-5-16(13)19)11-2-3-12-9-21-10-14(12)6-11/h2-7,17,20H,8-10H2,1H3. The van der Waals surface area contributed by atoms with E-state index in [1.54, 1.807) is 0 Å². The summed E-state index contributed by atoms with van der Waals surface area (Å²) < 4.78 is 32.5. The third-order valence-corrected chi connectivity index (χ3v) is 3.93. The lowest BCUT2D eigenvalue weighted by Crippen LogP contribution is -2.19. The molecule has 1 aliphatic heterocycles. The topological polar surface area (TPSA) is 21.3 Å². The molecule has 0 aliphatic carbocycles. The molecular formula is C17H17F2NO. The van der Waals surface area contributed by atoms with Crippen molar-refractivity contribution in [3.63, 3.8) is 0 Å². The molecule has 1 heterocycles. The van der Waals surface area contributed by atoms with E-state index in [0.29, 0.717) is 25.2 Å². The first-order valence-electron chi connectivity index (χ1n) is 6.98. The lowest BCUT2D eigenvalue weighted by Gasteiger charge is -2.18. The van der Waals surface area contributed by atoms with Crippen LogP contribution in [0.4, 0.5) is 8.78 Å². The fraction of sp³-hybridized carbons (Fsp3) is 0.294. The third kappa shape index (κ3) is 2.96. The first-order chi connectivity index (χ1) is 10.2. The fourth-order valence-electron chi connectivity index (χ4n) is 2.71. The maximum absolute atomic E-state index is 13.8. The molecule has 1 N–H and O–H groups in total. The van der Waals surface area contributed by atoms with Crippen LogP contribution in [0.25, 0.3) is 0 Å². The van der Waals surface area contributed by atoms with Gasteiger partial charge in [-0.1, -0.05) is 18.2 Å². The highest BCUT2D eigenvalue weighted by Gasteiger charge is 2.17. The molecule has 0 amide bonds. The fourth-order valence-corrected chi connectivity index (χ4v) is 2.71. The van der Waals surface area contributed by atoms with Gasteiger partial charge in [0.15, 0.2) is 0 Å². The monoisotopic (exact) mass is 289 g/mol. The van der Waals surface area contributed by atoms with Gasteiger partial charge in [-0.25, -0.2) is 8.78 Å². The molecule has 110 valence electrons. The van der Waals surface area contributed by atoms with E-state index in [-0.39, 0.29) is 11.9 Å². The van der Waals surface area contributed by atoms with Crippen LogP contribution in [0.15, 0.2) is 36.4 Å². The van der Waals surface area contributed by atoms with E-state index in [0.717, 1.165) is 11.6 Å². The summed E-state index contributed by atoms with van der Waals surface area (Å²) in [5.41, 5.74) is 3.81. The maximum Gasteiger partial charge on any atom is 0.126 e. The van der Waals surface area contributed by atoms with Gasteiger partial charge in [-0.2, -0.15) is 0 Å². The first kappa shape index (κ1) is 14.2. The van der Waals surface area contributed by atoms with Crippen LogP contribution in [0.5, 0.6) is 0 Å². The third-order valence-electron chi connectivity index (χ3n) is 3.93. The van der Waals surface area contributed by atoms with Crippen molar-refractivity contribution in [1.29, 1.82) is 0 Å². The number of hydrogen-bond acceptors (Lipinski definition) is 2. The van der Waals surface area contributed by atoms with E-state index in [9.17, 15) is 8.78 Å². The summed E-state index contributed by atoms with van der Waals surface area (Å²) in [6.07, 6.45) is 0.403. The largest absolute Gasteiger partial charge is 0.372 e. The number of halogens is 2. The number of ether oxygens (including phenoxy) is 1. The summed E-state index contributed by atoms with van der Waals surface area (Å²) in [6.45, 7) is 1.27. The van der Waals surface area contributed by atoms with E-state index in [1.807, 2.05) is 19.2 Å². The Hall–Kier alpha value is -1.78. The van der Waals surface area contributed by atoms with Gasteiger partial charge < -0.3 is 10.1 Å². The summed E-state index contributed by atoms with van der Waals surface area (Å²) in [7, 11) is 1.82. The molecule has 2 aromatic carbocycles. The highest BCUT2D eigenvalue weighted by Crippen LogP contribution is 2.26. The molecule has 1 aliphatic rings. The zero-order chi connectivity index (χ0) is 14.8. The molecule has 0 aromatic heterocycles. The van der Waals surface area contributed by atoms with Gasteiger partial charge in [0.05, 0.1) is 13.2 Å². The second kappa shape index (κ2) is 5.92. The van der Waals surface area contributed by atoms with Crippen LogP contribution in [-0.2, 0) is 24.4 Å². The van der Waals surface area contributed by atoms with Gasteiger partial charge in [-0.15, -0.1) is 0 Å². The molecule has 2 aromatic rings. The Morgan fingerprint density at radius 3 is 2.71 bits per heavy atom. The molecule has 1 unspecified atom stereocenters. The van der Waals surface area contributed by atoms with Crippen molar-refractivity contribution in [3.8, 4) is 0 Å². The van der Waals surface area contributed by atoms with Crippen molar-refractivity contribution in [2.24, 2.45) is 0 Å². The second-order valence-electron chi connectivity index (χ2n) is 5.30. The van der Waals surface area contributed by atoms with Gasteiger partial charge in [0.25, 0.3) is 0 Å². The first-order valence-corrected chi connectivity index (χ1v) is 6.98. The van der Waals surface area contributed by atoms with Crippen LogP contribution in [0, 0.1) is 11.6 Å². The van der Waals surface area contributed by atoms with Crippen molar-refractivity contribution in [3.05, 3.63) is 70.3 Å². The summed E-state index contributed by atoms with van der Waals surface area (Å²) >= 11 is 0. The van der Waals surface area contributed by atoms with Crippen molar-refractivity contribution < 1.29 is 13.5 Å². The smallest absolute Gasteiger partial charge is 0.126 e. The molecule has 1 atom stereocenters. The molecule has 2 nitrogen and oxygen atoms in total. The molecule has 0 bridgehead atoms. The molecule has 0 saturated carbocycles. The summed E-state index contributed by atoms with van der Waals surface area (Å²) in [5.74, 6) is -0.787. The average molecular weight is 289 g/mol. The minimum absolute atomic E-state index is 0.0628. The van der Waals surface area contributed by atoms with Crippen LogP contribution >= 0.6 is 0 Å². The van der Waals surface area contributed by atoms with Crippen LogP contribution in [0.2, 0.25) is 0 Å². The van der Waals surface area contributed by atoms with Gasteiger partial charge in [0, 0.05) is 6.04 Å². The predicted molar refractivity (Wildman–Crippen MR) is 76.8 cm³/mol. The Kier molecular flexibility index (Phi) is 3.99. The zero-order valence-electron chi connectivity index (χ0n) is 11.8. The van der Waals surface area contributed by atoms with Crippen molar-refractivity contribution in [2.75, 3.05) is 7.05 Å². The zero-order valence-corrected chi connectivity index (χ0v) is 11.8. The lowest BCUT2D eigenvalue weighted by molar-refractivity contribution is 0.134. The van der Waals surface area contributed by atoms with Gasteiger partial charge >= 0.3 is 0 Å². The maximum atomic E-state index is 13.8. The molecule has 4 heteroatoms. The minimum atomic E-state index is -0.413. The van der Waals surface area contributed by atoms with Crippen molar-refractivity contribution in [2.45, 2.75) is 25.7 Å². The van der Waals surface area contributed by atoms with E-state index >= 15 is 0 Å². The van der Waals surface area contributed by atoms with Crippen LogP contribution in [-0.4, -0.2) is 7.05 Å². The molecule has 0 saturated heterocycles. The Balaban J connectivity index is 1.86. The van der Waals surface area contributed by atoms with Gasteiger partial charge in [-0.05, 0) is 53.9 Å². The highest BCUT2D eigenvalue weighted by molar-refractivity contribution is 5.35. The summed E-state index contributed by atoms with van der Waals surface area (Å²) in [5, 5.41) is 3.17. The molecule has 21 heavy (non-hydrogen) atoms. The Bertz CT molecular complexity index is 657. The lowest BCUT2D eigenvalue weighted by atomic mass is 9.96. The SMILES string of the molecule is CNC(Cc1cc(F)ccc1F)c1ccc2c(c1)COC2. The number of hydrogen-bond donors (Lipinski definition) is 1. The normalized spacial score (nSPS) is 15.0. The Labute approximate surface area is 122 Å². The summed E-state index contributed by atoms with van der Waals surface area (Å²) in [6, 6.07) is 9.66. The number of benzene rings is 2. The second-order valence-corrected chi connectivity index (χ2v) is 5.30. The van der Waals surface area contributed by atoms with Gasteiger partial charge in [0.1, 0.15) is 11.6 Å². The number of fused-ring (bicyclic) bond motifs is 1.